The molecule has 1 aliphatic heterocycles. The molecule has 0 radical (unpaired) electrons. The SMILES string of the molecule is CCOc1ccc(-c2noc(C3=C(C)N(CCOC)C(=O)NC3c3ccc(CC)cc3)n2)cc1. The molecule has 2 heterocycles. The Morgan fingerprint density at radius 1 is 1.09 bits per heavy atom. The Bertz CT molecular complexity index is 1150. The molecule has 8 heteroatoms. The maximum Gasteiger partial charge on any atom is 0.322 e. The van der Waals surface area contributed by atoms with E-state index in [0.29, 0.717) is 31.5 Å². The molecule has 4 rings (SSSR count). The Labute approximate surface area is 199 Å². The zero-order valence-corrected chi connectivity index (χ0v) is 20.0. The molecule has 3 aromatic rings. The second-order valence-electron chi connectivity index (χ2n) is 8.00. The first kappa shape index (κ1) is 23.5. The average Bonchev–Trinajstić information content (AvgIpc) is 3.34. The number of hydrogen-bond donors (Lipinski definition) is 1. The van der Waals surface area contributed by atoms with E-state index >= 15 is 0 Å². The van der Waals surface area contributed by atoms with Crippen molar-refractivity contribution in [3.8, 4) is 17.1 Å². The van der Waals surface area contributed by atoms with Gasteiger partial charge in [-0.1, -0.05) is 36.3 Å². The Kier molecular flexibility index (Phi) is 7.27. The maximum absolute atomic E-state index is 13.0. The van der Waals surface area contributed by atoms with Gasteiger partial charge in [0.2, 0.25) is 5.82 Å². The summed E-state index contributed by atoms with van der Waals surface area (Å²) in [6.07, 6.45) is 0.943. The highest BCUT2D eigenvalue weighted by Gasteiger charge is 2.35. The molecule has 0 saturated carbocycles. The number of rotatable bonds is 9. The van der Waals surface area contributed by atoms with Crippen molar-refractivity contribution in [3.63, 3.8) is 0 Å². The van der Waals surface area contributed by atoms with E-state index in [0.717, 1.165) is 34.6 Å². The highest BCUT2D eigenvalue weighted by atomic mass is 16.5. The van der Waals surface area contributed by atoms with E-state index in [1.807, 2.05) is 50.2 Å². The number of methoxy groups -OCH3 is 1. The molecule has 8 nitrogen and oxygen atoms in total. The highest BCUT2D eigenvalue weighted by molar-refractivity contribution is 5.86. The van der Waals surface area contributed by atoms with E-state index in [2.05, 4.69) is 29.5 Å². The Hall–Kier alpha value is -3.65. The Morgan fingerprint density at radius 2 is 1.82 bits per heavy atom. The molecular formula is C26H30N4O4. The van der Waals surface area contributed by atoms with Crippen LogP contribution in [0.25, 0.3) is 17.0 Å². The summed E-state index contributed by atoms with van der Waals surface area (Å²) in [4.78, 5) is 19.3. The first-order valence-corrected chi connectivity index (χ1v) is 11.5. The monoisotopic (exact) mass is 462 g/mol. The zero-order valence-electron chi connectivity index (χ0n) is 20.0. The van der Waals surface area contributed by atoms with Gasteiger partial charge in [-0.15, -0.1) is 0 Å². The summed E-state index contributed by atoms with van der Waals surface area (Å²) in [7, 11) is 1.61. The third-order valence-electron chi connectivity index (χ3n) is 5.92. The second-order valence-corrected chi connectivity index (χ2v) is 8.00. The minimum absolute atomic E-state index is 0.186. The van der Waals surface area contributed by atoms with Crippen LogP contribution < -0.4 is 10.1 Å². The lowest BCUT2D eigenvalue weighted by Gasteiger charge is -2.35. The predicted molar refractivity (Wildman–Crippen MR) is 129 cm³/mol. The summed E-state index contributed by atoms with van der Waals surface area (Å²) >= 11 is 0. The molecule has 1 N–H and O–H groups in total. The fourth-order valence-electron chi connectivity index (χ4n) is 4.02. The van der Waals surface area contributed by atoms with Crippen molar-refractivity contribution >= 4 is 11.6 Å². The first-order valence-electron chi connectivity index (χ1n) is 11.5. The molecule has 0 aliphatic carbocycles. The molecule has 178 valence electrons. The third-order valence-corrected chi connectivity index (χ3v) is 5.92. The van der Waals surface area contributed by atoms with Crippen LogP contribution in [0.4, 0.5) is 4.79 Å². The molecule has 0 saturated heterocycles. The molecule has 0 fully saturated rings. The van der Waals surface area contributed by atoms with Gasteiger partial charge in [0.15, 0.2) is 0 Å². The zero-order chi connectivity index (χ0) is 24.1. The van der Waals surface area contributed by atoms with Crippen LogP contribution in [0.5, 0.6) is 5.75 Å². The largest absolute Gasteiger partial charge is 0.494 e. The number of benzene rings is 2. The number of carbonyl (C=O) groups excluding carboxylic acids is 1. The number of aromatic nitrogens is 2. The smallest absolute Gasteiger partial charge is 0.322 e. The van der Waals surface area contributed by atoms with Gasteiger partial charge in [0, 0.05) is 18.4 Å². The molecule has 1 atom stereocenters. The lowest BCUT2D eigenvalue weighted by molar-refractivity contribution is 0.158. The lowest BCUT2D eigenvalue weighted by Crippen LogP contribution is -2.47. The minimum atomic E-state index is -0.411. The maximum atomic E-state index is 13.0. The predicted octanol–water partition coefficient (Wildman–Crippen LogP) is 4.84. The van der Waals surface area contributed by atoms with Crippen molar-refractivity contribution in [1.82, 2.24) is 20.4 Å². The lowest BCUT2D eigenvalue weighted by atomic mass is 9.93. The van der Waals surface area contributed by atoms with Gasteiger partial charge in [0.1, 0.15) is 5.75 Å². The summed E-state index contributed by atoms with van der Waals surface area (Å²) in [6, 6.07) is 15.2. The highest BCUT2D eigenvalue weighted by Crippen LogP contribution is 2.37. The number of allylic oxidation sites excluding steroid dienone is 1. The average molecular weight is 463 g/mol. The summed E-state index contributed by atoms with van der Waals surface area (Å²) in [5.41, 5.74) is 4.52. The number of amides is 2. The van der Waals surface area contributed by atoms with Gasteiger partial charge < -0.3 is 19.3 Å². The molecule has 0 bridgehead atoms. The topological polar surface area (TPSA) is 89.7 Å². The third kappa shape index (κ3) is 4.82. The van der Waals surface area contributed by atoms with Crippen molar-refractivity contribution in [2.24, 2.45) is 0 Å². The number of aryl methyl sites for hydroxylation is 1. The van der Waals surface area contributed by atoms with E-state index in [1.165, 1.54) is 5.56 Å². The minimum Gasteiger partial charge on any atom is -0.494 e. The molecule has 2 amide bonds. The van der Waals surface area contributed by atoms with Gasteiger partial charge in [-0.2, -0.15) is 4.98 Å². The fourth-order valence-corrected chi connectivity index (χ4v) is 4.02. The van der Waals surface area contributed by atoms with Crippen LogP contribution in [-0.4, -0.2) is 47.9 Å². The molecule has 1 aromatic heterocycles. The van der Waals surface area contributed by atoms with Crippen LogP contribution in [-0.2, 0) is 11.2 Å². The van der Waals surface area contributed by atoms with Crippen LogP contribution in [0.2, 0.25) is 0 Å². The molecule has 34 heavy (non-hydrogen) atoms. The van der Waals surface area contributed by atoms with Crippen molar-refractivity contribution in [3.05, 3.63) is 71.2 Å². The normalized spacial score (nSPS) is 16.1. The Balaban J connectivity index is 1.73. The van der Waals surface area contributed by atoms with Gasteiger partial charge in [-0.25, -0.2) is 4.79 Å². The molecule has 0 spiro atoms. The number of nitrogens with one attached hydrogen (secondary N) is 1. The van der Waals surface area contributed by atoms with Crippen molar-refractivity contribution in [1.29, 1.82) is 0 Å². The van der Waals surface area contributed by atoms with Crippen LogP contribution in [0, 0.1) is 0 Å². The number of carbonyl (C=O) groups is 1. The second kappa shape index (κ2) is 10.5. The van der Waals surface area contributed by atoms with E-state index in [9.17, 15) is 4.79 Å². The summed E-state index contributed by atoms with van der Waals surface area (Å²) < 4.78 is 16.5. The molecule has 1 aliphatic rings. The number of urea groups is 1. The van der Waals surface area contributed by atoms with Crippen molar-refractivity contribution < 1.29 is 18.8 Å². The van der Waals surface area contributed by atoms with E-state index < -0.39 is 6.04 Å². The van der Waals surface area contributed by atoms with Gasteiger partial charge in [-0.3, -0.25) is 4.90 Å². The molecular weight excluding hydrogens is 432 g/mol. The number of hydrogen-bond acceptors (Lipinski definition) is 6. The standard InChI is InChI=1S/C26H30N4O4/c1-5-18-7-9-19(10-8-18)23-22(17(3)30(15-16-32-4)26(31)27-23)25-28-24(29-34-25)20-11-13-21(14-12-20)33-6-2/h7-14,23H,5-6,15-16H2,1-4H3,(H,27,31). The van der Waals surface area contributed by atoms with Gasteiger partial charge >= 0.3 is 6.03 Å². The van der Waals surface area contributed by atoms with Gasteiger partial charge in [-0.05, 0) is 55.7 Å². The molecule has 2 aromatic carbocycles. The summed E-state index contributed by atoms with van der Waals surface area (Å²) in [6.45, 7) is 7.39. The fraction of sp³-hybridized carbons (Fsp3) is 0.346. The van der Waals surface area contributed by atoms with Gasteiger partial charge in [0.25, 0.3) is 5.89 Å². The van der Waals surface area contributed by atoms with Crippen molar-refractivity contribution in [2.45, 2.75) is 33.2 Å². The van der Waals surface area contributed by atoms with Crippen LogP contribution in [0.1, 0.15) is 43.8 Å². The van der Waals surface area contributed by atoms with E-state index in [4.69, 9.17) is 19.0 Å². The number of ether oxygens (including phenoxy) is 2. The van der Waals surface area contributed by atoms with E-state index in [-0.39, 0.29) is 6.03 Å². The molecule has 1 unspecified atom stereocenters. The van der Waals surface area contributed by atoms with Crippen LogP contribution in [0.3, 0.4) is 0 Å². The van der Waals surface area contributed by atoms with E-state index in [1.54, 1.807) is 12.0 Å². The summed E-state index contributed by atoms with van der Waals surface area (Å²) in [5, 5.41) is 7.32. The van der Waals surface area contributed by atoms with Crippen LogP contribution in [0.15, 0.2) is 58.8 Å². The van der Waals surface area contributed by atoms with Crippen LogP contribution >= 0.6 is 0 Å². The number of nitrogens with zero attached hydrogens (tertiary/aromatic N) is 3. The quantitative estimate of drug-likeness (QED) is 0.489. The first-order chi connectivity index (χ1) is 16.5. The Morgan fingerprint density at radius 3 is 2.47 bits per heavy atom. The van der Waals surface area contributed by atoms with Crippen molar-refractivity contribution in [2.75, 3.05) is 26.9 Å². The summed E-state index contributed by atoms with van der Waals surface area (Å²) in [5.74, 6) is 1.63. The van der Waals surface area contributed by atoms with Gasteiger partial charge in [0.05, 0.1) is 31.4 Å².